The van der Waals surface area contributed by atoms with Gasteiger partial charge in [0.05, 0.1) is 13.7 Å². The molecule has 0 spiro atoms. The smallest absolute Gasteiger partial charge is 0.325 e. The van der Waals surface area contributed by atoms with Crippen molar-refractivity contribution in [1.82, 2.24) is 15.1 Å². The first-order valence-corrected chi connectivity index (χ1v) is 10.2. The lowest BCUT2D eigenvalue weighted by Gasteiger charge is -2.36. The second-order valence-electron chi connectivity index (χ2n) is 7.50. The first-order valence-electron chi connectivity index (χ1n) is 10.2. The zero-order valence-electron chi connectivity index (χ0n) is 17.8. The number of para-hydroxylation sites is 1. The van der Waals surface area contributed by atoms with E-state index in [4.69, 9.17) is 9.47 Å². The van der Waals surface area contributed by atoms with Crippen molar-refractivity contribution < 1.29 is 24.2 Å². The summed E-state index contributed by atoms with van der Waals surface area (Å²) in [4.78, 5) is 32.3. The molecule has 4 rings (SSSR count). The number of nitrogens with one attached hydrogen (secondary N) is 2. The number of anilines is 1. The quantitative estimate of drug-likeness (QED) is 0.592. The van der Waals surface area contributed by atoms with Crippen molar-refractivity contribution in [3.63, 3.8) is 0 Å². The second-order valence-corrected chi connectivity index (χ2v) is 7.50. The number of carbonyl (C=O) groups excluding carboxylic acids is 2. The number of guanidine groups is 1. The number of hydrogen-bond acceptors (Lipinski definition) is 8. The topological polar surface area (TPSA) is 116 Å². The minimum atomic E-state index is -0.922. The van der Waals surface area contributed by atoms with E-state index in [1.807, 2.05) is 30.3 Å². The number of nitrogens with zero attached hydrogens (tertiary/aromatic N) is 3. The van der Waals surface area contributed by atoms with Crippen LogP contribution in [0.2, 0.25) is 0 Å². The molecule has 2 aliphatic heterocycles. The van der Waals surface area contributed by atoms with Crippen LogP contribution < -0.4 is 20.1 Å². The van der Waals surface area contributed by atoms with Crippen LogP contribution >= 0.6 is 0 Å². The van der Waals surface area contributed by atoms with Gasteiger partial charge in [0.2, 0.25) is 5.96 Å². The molecule has 2 aliphatic rings. The molecule has 3 amide bonds. The zero-order chi connectivity index (χ0) is 22.7. The van der Waals surface area contributed by atoms with Crippen LogP contribution in [-0.2, 0) is 4.79 Å². The number of carbonyl (C=O) groups is 2. The predicted molar refractivity (Wildman–Crippen MR) is 118 cm³/mol. The number of aliphatic hydroxyl groups is 1. The van der Waals surface area contributed by atoms with Crippen molar-refractivity contribution in [3.05, 3.63) is 54.6 Å². The summed E-state index contributed by atoms with van der Waals surface area (Å²) < 4.78 is 10.8. The zero-order valence-corrected chi connectivity index (χ0v) is 17.8. The van der Waals surface area contributed by atoms with Crippen molar-refractivity contribution in [2.75, 3.05) is 32.6 Å². The number of fused-ring (bicyclic) bond motifs is 1. The van der Waals surface area contributed by atoms with Gasteiger partial charge in [-0.05, 0) is 36.4 Å². The number of likely N-dealkylation sites (N-methyl/N-ethyl adjacent to an activating group) is 1. The molecule has 0 aliphatic carbocycles. The molecule has 2 aromatic carbocycles. The Kier molecular flexibility index (Phi) is 6.13. The summed E-state index contributed by atoms with van der Waals surface area (Å²) in [5.74, 6) is 1.22. The molecule has 2 aromatic rings. The Morgan fingerprint density at radius 1 is 1.12 bits per heavy atom. The van der Waals surface area contributed by atoms with Crippen LogP contribution in [0.1, 0.15) is 0 Å². The van der Waals surface area contributed by atoms with Crippen molar-refractivity contribution in [3.8, 4) is 11.5 Å². The van der Waals surface area contributed by atoms with Crippen LogP contribution in [0.5, 0.6) is 11.5 Å². The van der Waals surface area contributed by atoms with E-state index in [9.17, 15) is 14.7 Å². The molecular weight excluding hydrogens is 414 g/mol. The number of amides is 3. The fourth-order valence-electron chi connectivity index (χ4n) is 3.62. The molecule has 0 radical (unpaired) electrons. The predicted octanol–water partition coefficient (Wildman–Crippen LogP) is 1.09. The van der Waals surface area contributed by atoms with Crippen LogP contribution in [0.3, 0.4) is 0 Å². The van der Waals surface area contributed by atoms with Crippen molar-refractivity contribution in [2.24, 2.45) is 4.99 Å². The van der Waals surface area contributed by atoms with E-state index in [0.717, 1.165) is 5.69 Å². The summed E-state index contributed by atoms with van der Waals surface area (Å²) in [6.07, 6.45) is -1.62. The van der Waals surface area contributed by atoms with Crippen molar-refractivity contribution >= 4 is 23.6 Å². The highest BCUT2D eigenvalue weighted by molar-refractivity contribution is 6.06. The molecule has 3 unspecified atom stereocenters. The van der Waals surface area contributed by atoms with Crippen LogP contribution in [0.15, 0.2) is 59.6 Å². The van der Waals surface area contributed by atoms with Gasteiger partial charge in [-0.2, -0.15) is 0 Å². The molecule has 1 fully saturated rings. The molecular formula is C22H25N5O5. The van der Waals surface area contributed by atoms with E-state index in [2.05, 4.69) is 15.6 Å². The molecule has 10 nitrogen and oxygen atoms in total. The van der Waals surface area contributed by atoms with E-state index >= 15 is 0 Å². The standard InChI is InChI=1S/C22H25N5O5/c1-26-19-18(20(29)25-22(26)30)27(21(24-19)23-14-6-4-3-5-7-14)12-15(28)13-32-17-10-8-16(31-2)9-11-17/h3-11,15,18-19,28H,12-13H2,1-2H3,(H,23,24)(H,25,29,30). The number of urea groups is 1. The molecule has 1 saturated heterocycles. The molecule has 168 valence electrons. The van der Waals surface area contributed by atoms with Gasteiger partial charge in [0.1, 0.15) is 24.2 Å². The van der Waals surface area contributed by atoms with Crippen molar-refractivity contribution in [1.29, 1.82) is 0 Å². The number of rotatable bonds is 7. The van der Waals surface area contributed by atoms with Gasteiger partial charge in [-0.3, -0.25) is 10.1 Å². The van der Waals surface area contributed by atoms with Gasteiger partial charge in [-0.25, -0.2) is 9.79 Å². The molecule has 3 atom stereocenters. The maximum Gasteiger partial charge on any atom is 0.325 e. The average molecular weight is 439 g/mol. The number of ether oxygens (including phenoxy) is 2. The van der Waals surface area contributed by atoms with E-state index in [0.29, 0.717) is 17.5 Å². The molecule has 0 aromatic heterocycles. The van der Waals surface area contributed by atoms with Gasteiger partial charge >= 0.3 is 6.03 Å². The highest BCUT2D eigenvalue weighted by Crippen LogP contribution is 2.25. The molecule has 10 heteroatoms. The lowest BCUT2D eigenvalue weighted by molar-refractivity contribution is -0.127. The Labute approximate surface area is 185 Å². The third-order valence-electron chi connectivity index (χ3n) is 5.30. The second kappa shape index (κ2) is 9.15. The first kappa shape index (κ1) is 21.4. The Hall–Kier alpha value is -3.79. The minimum Gasteiger partial charge on any atom is -0.497 e. The van der Waals surface area contributed by atoms with E-state index in [-0.39, 0.29) is 13.2 Å². The molecule has 3 N–H and O–H groups in total. The number of β-amino-alcohol motifs (C(OH)–C–C–N with tert-alkyl or cyclic N) is 1. The van der Waals surface area contributed by atoms with Gasteiger partial charge < -0.3 is 29.7 Å². The highest BCUT2D eigenvalue weighted by Gasteiger charge is 2.49. The largest absolute Gasteiger partial charge is 0.497 e. The maximum atomic E-state index is 12.6. The van der Waals surface area contributed by atoms with Gasteiger partial charge in [0.25, 0.3) is 5.91 Å². The number of imide groups is 1. The Balaban J connectivity index is 1.48. The molecule has 0 saturated carbocycles. The summed E-state index contributed by atoms with van der Waals surface area (Å²) >= 11 is 0. The van der Waals surface area contributed by atoms with Crippen LogP contribution in [0, 0.1) is 0 Å². The summed E-state index contributed by atoms with van der Waals surface area (Å²) in [7, 11) is 3.16. The Morgan fingerprint density at radius 3 is 2.50 bits per heavy atom. The lowest BCUT2D eigenvalue weighted by atomic mass is 10.1. The summed E-state index contributed by atoms with van der Waals surface area (Å²) in [6, 6.07) is 15.1. The molecule has 0 bridgehead atoms. The normalized spacial score (nSPS) is 20.9. The van der Waals surface area contributed by atoms with Gasteiger partial charge in [-0.15, -0.1) is 0 Å². The fraction of sp³-hybridized carbons (Fsp3) is 0.318. The molecule has 32 heavy (non-hydrogen) atoms. The van der Waals surface area contributed by atoms with Crippen molar-refractivity contribution in [2.45, 2.75) is 18.3 Å². The van der Waals surface area contributed by atoms with E-state index < -0.39 is 30.2 Å². The molecule has 2 heterocycles. The van der Waals surface area contributed by atoms with Crippen LogP contribution in [0.25, 0.3) is 0 Å². The third-order valence-corrected chi connectivity index (χ3v) is 5.30. The Morgan fingerprint density at radius 2 is 1.81 bits per heavy atom. The minimum absolute atomic E-state index is 0.00915. The number of hydrogen-bond donors (Lipinski definition) is 3. The number of benzene rings is 2. The van der Waals surface area contributed by atoms with Crippen LogP contribution in [-0.4, -0.2) is 78.4 Å². The van der Waals surface area contributed by atoms with Gasteiger partial charge in [0.15, 0.2) is 12.2 Å². The average Bonchev–Trinajstić information content (AvgIpc) is 3.15. The lowest BCUT2D eigenvalue weighted by Crippen LogP contribution is -2.64. The Bertz CT molecular complexity index is 998. The number of methoxy groups -OCH3 is 1. The van der Waals surface area contributed by atoms with Gasteiger partial charge in [0, 0.05) is 12.7 Å². The van der Waals surface area contributed by atoms with E-state index in [1.165, 1.54) is 4.90 Å². The SMILES string of the molecule is COc1ccc(OCC(O)CN2C(Nc3ccccc3)=NC3C2C(=O)NC(=O)N3C)cc1. The number of aliphatic imine (C=N–C) groups is 1. The van der Waals surface area contributed by atoms with Gasteiger partial charge in [-0.1, -0.05) is 18.2 Å². The first-order chi connectivity index (χ1) is 15.5. The summed E-state index contributed by atoms with van der Waals surface area (Å²) in [5.41, 5.74) is 0.772. The fourth-order valence-corrected chi connectivity index (χ4v) is 3.62. The third kappa shape index (κ3) is 4.45. The summed E-state index contributed by atoms with van der Waals surface area (Å²) in [5, 5.41) is 16.2. The highest BCUT2D eigenvalue weighted by atomic mass is 16.5. The summed E-state index contributed by atoms with van der Waals surface area (Å²) in [6.45, 7) is 0.0840. The van der Waals surface area contributed by atoms with Crippen LogP contribution in [0.4, 0.5) is 10.5 Å². The van der Waals surface area contributed by atoms with E-state index in [1.54, 1.807) is 43.3 Å². The maximum absolute atomic E-state index is 12.6. The number of aliphatic hydroxyl groups excluding tert-OH is 1. The monoisotopic (exact) mass is 439 g/mol.